The fourth-order valence-corrected chi connectivity index (χ4v) is 5.84. The van der Waals surface area contributed by atoms with E-state index < -0.39 is 11.9 Å². The molecule has 2 aromatic rings. The van der Waals surface area contributed by atoms with Crippen molar-refractivity contribution in [3.63, 3.8) is 0 Å². The number of carbonyl (C=O) groups is 2. The number of nitriles is 1. The summed E-state index contributed by atoms with van der Waals surface area (Å²) >= 11 is 4.36. The molecule has 1 unspecified atom stereocenters. The van der Waals surface area contributed by atoms with Gasteiger partial charge < -0.3 is 25.0 Å². The highest BCUT2D eigenvalue weighted by Gasteiger charge is 2.23. The summed E-state index contributed by atoms with van der Waals surface area (Å²) in [5, 5.41) is 14.2. The number of benzene rings is 2. The summed E-state index contributed by atoms with van der Waals surface area (Å²) in [5.41, 5.74) is 2.37. The first-order valence-corrected chi connectivity index (χ1v) is 12.5. The van der Waals surface area contributed by atoms with Crippen LogP contribution >= 0.6 is 45.2 Å². The van der Waals surface area contributed by atoms with E-state index in [0.717, 1.165) is 37.2 Å². The molecule has 1 aliphatic heterocycles. The predicted molar refractivity (Wildman–Crippen MR) is 141 cm³/mol. The second kappa shape index (κ2) is 12.4. The SMILES string of the molecule is COc1c(I)cc(CC(NC(=O)c2ccc(N3CCOCC3)cc2)C(=O)NCC#N)cc1I. The van der Waals surface area contributed by atoms with Crippen molar-refractivity contribution in [2.75, 3.05) is 44.9 Å². The van der Waals surface area contributed by atoms with E-state index in [1.54, 1.807) is 19.2 Å². The van der Waals surface area contributed by atoms with Gasteiger partial charge in [0.1, 0.15) is 18.3 Å². The van der Waals surface area contributed by atoms with Crippen LogP contribution in [0.3, 0.4) is 0 Å². The second-order valence-corrected chi connectivity index (χ2v) is 9.67. The first kappa shape index (κ1) is 25.5. The van der Waals surface area contributed by atoms with Crippen LogP contribution in [0.1, 0.15) is 15.9 Å². The number of rotatable bonds is 8. The molecule has 0 spiro atoms. The molecular weight excluding hydrogens is 650 g/mol. The summed E-state index contributed by atoms with van der Waals surface area (Å²) in [6, 6.07) is 12.2. The van der Waals surface area contributed by atoms with Gasteiger partial charge in [0.2, 0.25) is 5.91 Å². The molecule has 10 heteroatoms. The van der Waals surface area contributed by atoms with Crippen LogP contribution in [0.15, 0.2) is 36.4 Å². The molecule has 1 atom stereocenters. The van der Waals surface area contributed by atoms with Crippen LogP contribution in [0, 0.1) is 18.5 Å². The number of nitrogens with one attached hydrogen (secondary N) is 2. The van der Waals surface area contributed by atoms with Crippen molar-refractivity contribution in [3.8, 4) is 11.8 Å². The minimum absolute atomic E-state index is 0.128. The summed E-state index contributed by atoms with van der Waals surface area (Å²) in [5.74, 6) is 0.0176. The third kappa shape index (κ3) is 6.94. The first-order valence-electron chi connectivity index (χ1n) is 10.3. The van der Waals surface area contributed by atoms with Gasteiger partial charge in [0.15, 0.2) is 0 Å². The van der Waals surface area contributed by atoms with Gasteiger partial charge in [0, 0.05) is 30.8 Å². The van der Waals surface area contributed by atoms with E-state index in [-0.39, 0.29) is 18.9 Å². The second-order valence-electron chi connectivity index (χ2n) is 7.35. The largest absolute Gasteiger partial charge is 0.495 e. The van der Waals surface area contributed by atoms with Gasteiger partial charge in [-0.25, -0.2) is 0 Å². The summed E-state index contributed by atoms with van der Waals surface area (Å²) in [7, 11) is 1.61. The molecule has 0 saturated carbocycles. The summed E-state index contributed by atoms with van der Waals surface area (Å²) in [4.78, 5) is 27.8. The zero-order chi connectivity index (χ0) is 23.8. The zero-order valence-corrected chi connectivity index (χ0v) is 22.4. The van der Waals surface area contributed by atoms with Gasteiger partial charge in [-0.3, -0.25) is 9.59 Å². The van der Waals surface area contributed by atoms with Crippen molar-refractivity contribution in [3.05, 3.63) is 54.7 Å². The number of amides is 2. The topological polar surface area (TPSA) is 104 Å². The molecule has 1 saturated heterocycles. The Morgan fingerprint density at radius 3 is 2.39 bits per heavy atom. The third-order valence-corrected chi connectivity index (χ3v) is 6.77. The van der Waals surface area contributed by atoms with Crippen LogP contribution < -0.4 is 20.3 Å². The number of nitrogens with zero attached hydrogens (tertiary/aromatic N) is 2. The molecule has 2 N–H and O–H groups in total. The van der Waals surface area contributed by atoms with Gasteiger partial charge in [-0.05, 0) is 87.1 Å². The number of morpholine rings is 1. The molecule has 1 fully saturated rings. The number of halogens is 2. The summed E-state index contributed by atoms with van der Waals surface area (Å²) < 4.78 is 12.6. The maximum Gasteiger partial charge on any atom is 0.251 e. The van der Waals surface area contributed by atoms with Crippen molar-refractivity contribution >= 4 is 62.7 Å². The van der Waals surface area contributed by atoms with E-state index in [0.29, 0.717) is 18.8 Å². The molecule has 33 heavy (non-hydrogen) atoms. The number of hydrogen-bond acceptors (Lipinski definition) is 6. The Morgan fingerprint density at radius 1 is 1.18 bits per heavy atom. The van der Waals surface area contributed by atoms with Crippen LogP contribution in [0.4, 0.5) is 5.69 Å². The summed E-state index contributed by atoms with van der Waals surface area (Å²) in [6.45, 7) is 2.87. The van der Waals surface area contributed by atoms with Crippen LogP contribution in [0.2, 0.25) is 0 Å². The Bertz CT molecular complexity index is 1010. The Hall–Kier alpha value is -2.11. The number of methoxy groups -OCH3 is 1. The average Bonchev–Trinajstić information content (AvgIpc) is 2.82. The van der Waals surface area contributed by atoms with Gasteiger partial charge in [0.05, 0.1) is 33.5 Å². The number of ether oxygens (including phenoxy) is 2. The van der Waals surface area contributed by atoms with Gasteiger partial charge in [-0.15, -0.1) is 0 Å². The Balaban J connectivity index is 1.75. The van der Waals surface area contributed by atoms with E-state index in [1.165, 1.54) is 0 Å². The van der Waals surface area contributed by atoms with E-state index in [2.05, 4.69) is 60.7 Å². The zero-order valence-electron chi connectivity index (χ0n) is 18.1. The van der Waals surface area contributed by atoms with E-state index in [1.807, 2.05) is 30.3 Å². The fourth-order valence-electron chi connectivity index (χ4n) is 3.51. The quantitative estimate of drug-likeness (QED) is 0.330. The Kier molecular flexibility index (Phi) is 9.57. The van der Waals surface area contributed by atoms with Crippen molar-refractivity contribution < 1.29 is 19.1 Å². The van der Waals surface area contributed by atoms with E-state index in [4.69, 9.17) is 14.7 Å². The van der Waals surface area contributed by atoms with E-state index in [9.17, 15) is 9.59 Å². The Morgan fingerprint density at radius 2 is 1.82 bits per heavy atom. The van der Waals surface area contributed by atoms with Crippen molar-refractivity contribution in [2.45, 2.75) is 12.5 Å². The van der Waals surface area contributed by atoms with Gasteiger partial charge in [-0.2, -0.15) is 5.26 Å². The molecular formula is C23H24I2N4O4. The molecule has 1 aliphatic rings. The molecule has 8 nitrogen and oxygen atoms in total. The minimum atomic E-state index is -0.829. The van der Waals surface area contributed by atoms with Crippen molar-refractivity contribution in [1.82, 2.24) is 10.6 Å². The lowest BCUT2D eigenvalue weighted by atomic mass is 10.0. The highest BCUT2D eigenvalue weighted by molar-refractivity contribution is 14.1. The predicted octanol–water partition coefficient (Wildman–Crippen LogP) is 2.72. The number of hydrogen-bond donors (Lipinski definition) is 2. The van der Waals surface area contributed by atoms with Crippen LogP contribution in [0.5, 0.6) is 5.75 Å². The van der Waals surface area contributed by atoms with Crippen LogP contribution in [-0.2, 0) is 16.0 Å². The van der Waals surface area contributed by atoms with Crippen LogP contribution in [-0.4, -0.2) is 57.8 Å². The highest BCUT2D eigenvalue weighted by Crippen LogP contribution is 2.29. The molecule has 0 aliphatic carbocycles. The lowest BCUT2D eigenvalue weighted by Crippen LogP contribution is -2.48. The van der Waals surface area contributed by atoms with Gasteiger partial charge in [0.25, 0.3) is 5.91 Å². The van der Waals surface area contributed by atoms with E-state index >= 15 is 0 Å². The third-order valence-electron chi connectivity index (χ3n) is 5.17. The summed E-state index contributed by atoms with van der Waals surface area (Å²) in [6.07, 6.45) is 0.283. The average molecular weight is 674 g/mol. The first-order chi connectivity index (χ1) is 15.9. The standard InChI is InChI=1S/C23H24I2N4O4/c1-32-21-18(24)12-15(13-19(21)25)14-20(23(31)27-7-6-26)28-22(30)16-2-4-17(5-3-16)29-8-10-33-11-9-29/h2-5,12-13,20H,7-11,14H2,1H3,(H,27,31)(H,28,30). The molecule has 0 radical (unpaired) electrons. The fraction of sp³-hybridized carbons (Fsp3) is 0.348. The lowest BCUT2D eigenvalue weighted by molar-refractivity contribution is -0.122. The van der Waals surface area contributed by atoms with Gasteiger partial charge in [-0.1, -0.05) is 0 Å². The molecule has 2 aromatic carbocycles. The monoisotopic (exact) mass is 674 g/mol. The molecule has 1 heterocycles. The smallest absolute Gasteiger partial charge is 0.251 e. The number of carbonyl (C=O) groups excluding carboxylic acids is 2. The maximum absolute atomic E-state index is 12.9. The minimum Gasteiger partial charge on any atom is -0.495 e. The van der Waals surface area contributed by atoms with Crippen molar-refractivity contribution in [2.24, 2.45) is 0 Å². The number of anilines is 1. The molecule has 0 bridgehead atoms. The Labute approximate surface area is 220 Å². The normalized spacial score (nSPS) is 14.2. The highest BCUT2D eigenvalue weighted by atomic mass is 127. The van der Waals surface area contributed by atoms with Crippen LogP contribution in [0.25, 0.3) is 0 Å². The van der Waals surface area contributed by atoms with Crippen molar-refractivity contribution in [1.29, 1.82) is 5.26 Å². The lowest BCUT2D eigenvalue weighted by Gasteiger charge is -2.28. The maximum atomic E-state index is 12.9. The molecule has 3 rings (SSSR count). The molecule has 2 amide bonds. The van der Waals surface area contributed by atoms with Gasteiger partial charge >= 0.3 is 0 Å². The molecule has 0 aromatic heterocycles. The molecule has 174 valence electrons.